The molecule has 1 saturated heterocycles. The van der Waals surface area contributed by atoms with Crippen LogP contribution in [0.15, 0.2) is 73.1 Å². The first-order valence-electron chi connectivity index (χ1n) is 9.48. The van der Waals surface area contributed by atoms with E-state index >= 15 is 0 Å². The van der Waals surface area contributed by atoms with Gasteiger partial charge in [-0.15, -0.1) is 0 Å². The largest absolute Gasteiger partial charge is 0.508 e. The topological polar surface area (TPSA) is 39.6 Å². The van der Waals surface area contributed by atoms with E-state index in [1.165, 1.54) is 16.7 Å². The van der Waals surface area contributed by atoms with Crippen LogP contribution in [0.5, 0.6) is 5.75 Å². The lowest BCUT2D eigenvalue weighted by Gasteiger charge is -2.34. The zero-order chi connectivity index (χ0) is 18.5. The Hall–Kier alpha value is -2.69. The number of piperazine rings is 1. The van der Waals surface area contributed by atoms with Gasteiger partial charge in [0, 0.05) is 51.7 Å². The average molecular weight is 359 g/mol. The van der Waals surface area contributed by atoms with Crippen molar-refractivity contribution >= 4 is 0 Å². The zero-order valence-electron chi connectivity index (χ0n) is 15.5. The molecule has 3 aromatic rings. The third kappa shape index (κ3) is 4.73. The fourth-order valence-electron chi connectivity index (χ4n) is 3.57. The third-order valence-electron chi connectivity index (χ3n) is 5.18. The van der Waals surface area contributed by atoms with Gasteiger partial charge in [0.1, 0.15) is 5.75 Å². The average Bonchev–Trinajstić information content (AvgIpc) is 2.72. The number of pyridine rings is 1. The lowest BCUT2D eigenvalue weighted by atomic mass is 10.0. The highest BCUT2D eigenvalue weighted by atomic mass is 16.3. The second-order valence-electron chi connectivity index (χ2n) is 7.15. The number of hydrogen-bond acceptors (Lipinski definition) is 4. The Labute approximate surface area is 160 Å². The summed E-state index contributed by atoms with van der Waals surface area (Å²) in [6, 6.07) is 20.3. The van der Waals surface area contributed by atoms with Gasteiger partial charge in [-0.05, 0) is 46.5 Å². The van der Waals surface area contributed by atoms with E-state index in [9.17, 15) is 5.11 Å². The third-order valence-corrected chi connectivity index (χ3v) is 5.18. The van der Waals surface area contributed by atoms with Crippen molar-refractivity contribution < 1.29 is 5.11 Å². The highest BCUT2D eigenvalue weighted by Gasteiger charge is 2.17. The first kappa shape index (κ1) is 17.7. The molecule has 4 nitrogen and oxygen atoms in total. The molecule has 0 unspecified atom stereocenters. The molecule has 0 atom stereocenters. The Morgan fingerprint density at radius 1 is 0.630 bits per heavy atom. The number of phenolic OH excluding ortho intramolecular Hbond substituents is 1. The minimum atomic E-state index is 0.304. The SMILES string of the molecule is Oc1ccc(-c2ccc(CN3CCN(Cc4ccncc4)CC3)cc2)cc1. The molecule has 4 heteroatoms. The number of phenols is 1. The smallest absolute Gasteiger partial charge is 0.115 e. The van der Waals surface area contributed by atoms with E-state index in [-0.39, 0.29) is 0 Å². The fraction of sp³-hybridized carbons (Fsp3) is 0.261. The molecule has 1 aromatic heterocycles. The van der Waals surface area contributed by atoms with Gasteiger partial charge in [-0.3, -0.25) is 14.8 Å². The van der Waals surface area contributed by atoms with Crippen LogP contribution < -0.4 is 0 Å². The molecule has 0 amide bonds. The Kier molecular flexibility index (Phi) is 5.47. The van der Waals surface area contributed by atoms with E-state index < -0.39 is 0 Å². The van der Waals surface area contributed by atoms with Gasteiger partial charge in [0.25, 0.3) is 0 Å². The predicted molar refractivity (Wildman–Crippen MR) is 108 cm³/mol. The molecule has 0 radical (unpaired) electrons. The highest BCUT2D eigenvalue weighted by Crippen LogP contribution is 2.22. The van der Waals surface area contributed by atoms with E-state index in [1.807, 2.05) is 24.5 Å². The summed E-state index contributed by atoms with van der Waals surface area (Å²) in [4.78, 5) is 9.13. The molecule has 2 heterocycles. The van der Waals surface area contributed by atoms with Crippen LogP contribution in [0.25, 0.3) is 11.1 Å². The van der Waals surface area contributed by atoms with Crippen molar-refractivity contribution in [3.8, 4) is 16.9 Å². The number of hydrogen-bond donors (Lipinski definition) is 1. The minimum Gasteiger partial charge on any atom is -0.508 e. The van der Waals surface area contributed by atoms with Crippen LogP contribution in [-0.2, 0) is 13.1 Å². The monoisotopic (exact) mass is 359 g/mol. The van der Waals surface area contributed by atoms with Crippen LogP contribution in [0.3, 0.4) is 0 Å². The molecule has 27 heavy (non-hydrogen) atoms. The summed E-state index contributed by atoms with van der Waals surface area (Å²) in [5.41, 5.74) is 4.99. The molecule has 1 aliphatic heterocycles. The minimum absolute atomic E-state index is 0.304. The summed E-state index contributed by atoms with van der Waals surface area (Å²) in [6.45, 7) is 6.42. The van der Waals surface area contributed by atoms with Gasteiger partial charge in [-0.1, -0.05) is 36.4 Å². The van der Waals surface area contributed by atoms with E-state index in [1.54, 1.807) is 12.1 Å². The molecule has 138 valence electrons. The lowest BCUT2D eigenvalue weighted by Crippen LogP contribution is -2.45. The number of aromatic hydroxyl groups is 1. The normalized spacial score (nSPS) is 15.7. The summed E-state index contributed by atoms with van der Waals surface area (Å²) < 4.78 is 0. The van der Waals surface area contributed by atoms with Crippen molar-refractivity contribution in [3.05, 3.63) is 84.2 Å². The summed E-state index contributed by atoms with van der Waals surface area (Å²) >= 11 is 0. The molecule has 0 aliphatic carbocycles. The molecular weight excluding hydrogens is 334 g/mol. The predicted octanol–water partition coefficient (Wildman–Crippen LogP) is 3.77. The van der Waals surface area contributed by atoms with E-state index in [0.717, 1.165) is 44.8 Å². The number of nitrogens with zero attached hydrogens (tertiary/aromatic N) is 3. The summed E-state index contributed by atoms with van der Waals surface area (Å²) in [7, 11) is 0. The second kappa shape index (κ2) is 8.33. The standard InChI is InChI=1S/C23H25N3O/c27-23-7-5-22(6-8-23)21-3-1-19(2-4-21)17-25-13-15-26(16-14-25)18-20-9-11-24-12-10-20/h1-12,27H,13-18H2. The summed E-state index contributed by atoms with van der Waals surface area (Å²) in [6.07, 6.45) is 3.74. The highest BCUT2D eigenvalue weighted by molar-refractivity contribution is 5.64. The van der Waals surface area contributed by atoms with Crippen LogP contribution in [-0.4, -0.2) is 46.1 Å². The van der Waals surface area contributed by atoms with Gasteiger partial charge >= 0.3 is 0 Å². The maximum absolute atomic E-state index is 9.42. The van der Waals surface area contributed by atoms with Crippen LogP contribution in [0.2, 0.25) is 0 Å². The molecular formula is C23H25N3O. The van der Waals surface area contributed by atoms with Crippen molar-refractivity contribution in [1.29, 1.82) is 0 Å². The van der Waals surface area contributed by atoms with Crippen molar-refractivity contribution in [1.82, 2.24) is 14.8 Å². The first-order chi connectivity index (χ1) is 13.3. The second-order valence-corrected chi connectivity index (χ2v) is 7.15. The van der Waals surface area contributed by atoms with Gasteiger partial charge in [0.2, 0.25) is 0 Å². The molecule has 4 rings (SSSR count). The number of benzene rings is 2. The molecule has 0 saturated carbocycles. The molecule has 1 N–H and O–H groups in total. The molecule has 0 spiro atoms. The Bertz CT molecular complexity index is 839. The van der Waals surface area contributed by atoms with Crippen LogP contribution in [0.1, 0.15) is 11.1 Å². The quantitative estimate of drug-likeness (QED) is 0.753. The van der Waals surface area contributed by atoms with Gasteiger partial charge in [-0.2, -0.15) is 0 Å². The first-order valence-corrected chi connectivity index (χ1v) is 9.48. The van der Waals surface area contributed by atoms with Gasteiger partial charge in [0.15, 0.2) is 0 Å². The van der Waals surface area contributed by atoms with Crippen LogP contribution in [0, 0.1) is 0 Å². The van der Waals surface area contributed by atoms with E-state index in [2.05, 4.69) is 51.2 Å². The van der Waals surface area contributed by atoms with Crippen molar-refractivity contribution in [2.45, 2.75) is 13.1 Å². The summed E-state index contributed by atoms with van der Waals surface area (Å²) in [5, 5.41) is 9.42. The van der Waals surface area contributed by atoms with E-state index in [0.29, 0.717) is 5.75 Å². The van der Waals surface area contributed by atoms with Gasteiger partial charge in [0.05, 0.1) is 0 Å². The lowest BCUT2D eigenvalue weighted by molar-refractivity contribution is 0.122. The number of rotatable bonds is 5. The van der Waals surface area contributed by atoms with Crippen molar-refractivity contribution in [2.75, 3.05) is 26.2 Å². The molecule has 1 aliphatic rings. The van der Waals surface area contributed by atoms with Gasteiger partial charge < -0.3 is 5.11 Å². The molecule has 1 fully saturated rings. The summed E-state index contributed by atoms with van der Waals surface area (Å²) in [5.74, 6) is 0.304. The van der Waals surface area contributed by atoms with Crippen molar-refractivity contribution in [3.63, 3.8) is 0 Å². The Morgan fingerprint density at radius 2 is 1.07 bits per heavy atom. The molecule has 0 bridgehead atoms. The van der Waals surface area contributed by atoms with Gasteiger partial charge in [-0.25, -0.2) is 0 Å². The maximum atomic E-state index is 9.42. The van der Waals surface area contributed by atoms with Crippen LogP contribution in [0.4, 0.5) is 0 Å². The fourth-order valence-corrected chi connectivity index (χ4v) is 3.57. The maximum Gasteiger partial charge on any atom is 0.115 e. The van der Waals surface area contributed by atoms with Crippen molar-refractivity contribution in [2.24, 2.45) is 0 Å². The Morgan fingerprint density at radius 3 is 1.59 bits per heavy atom. The van der Waals surface area contributed by atoms with Crippen LogP contribution >= 0.6 is 0 Å². The van der Waals surface area contributed by atoms with E-state index in [4.69, 9.17) is 0 Å². The Balaban J connectivity index is 1.29. The molecule has 2 aromatic carbocycles. The zero-order valence-corrected chi connectivity index (χ0v) is 15.5. The number of aromatic nitrogens is 1.